The van der Waals surface area contributed by atoms with E-state index in [1.54, 1.807) is 0 Å². The molecule has 0 unspecified atom stereocenters. The van der Waals surface area contributed by atoms with Gasteiger partial charge in [0, 0.05) is 39.2 Å². The van der Waals surface area contributed by atoms with Crippen LogP contribution in [0.15, 0.2) is 6.07 Å². The summed E-state index contributed by atoms with van der Waals surface area (Å²) in [7, 11) is 3.82. The molecule has 0 saturated heterocycles. The van der Waals surface area contributed by atoms with Crippen LogP contribution in [0.4, 0.5) is 11.6 Å². The molecule has 96 valence electrons. The SMILES string of the molecule is CNc1cc(N(C)CCCO)nc(C(C)C)n1. The van der Waals surface area contributed by atoms with Crippen molar-refractivity contribution in [3.05, 3.63) is 11.9 Å². The third-order valence-corrected chi connectivity index (χ3v) is 2.55. The highest BCUT2D eigenvalue weighted by molar-refractivity contribution is 5.48. The first-order valence-corrected chi connectivity index (χ1v) is 5.97. The van der Waals surface area contributed by atoms with Gasteiger partial charge < -0.3 is 15.3 Å². The molecule has 17 heavy (non-hydrogen) atoms. The average molecular weight is 238 g/mol. The molecule has 0 atom stereocenters. The van der Waals surface area contributed by atoms with Crippen LogP contribution < -0.4 is 10.2 Å². The Kier molecular flexibility index (Phi) is 5.15. The van der Waals surface area contributed by atoms with Gasteiger partial charge in [-0.2, -0.15) is 0 Å². The van der Waals surface area contributed by atoms with Crippen LogP contribution in [0.5, 0.6) is 0 Å². The largest absolute Gasteiger partial charge is 0.396 e. The predicted molar refractivity (Wildman–Crippen MR) is 70.6 cm³/mol. The Bertz CT molecular complexity index is 354. The standard InChI is InChI=1S/C12H22N4O/c1-9(2)12-14-10(13-3)8-11(15-12)16(4)6-5-7-17/h8-9,17H,5-7H2,1-4H3,(H,13,14,15). The minimum absolute atomic E-state index is 0.200. The minimum Gasteiger partial charge on any atom is -0.396 e. The number of rotatable bonds is 6. The van der Waals surface area contributed by atoms with Crippen LogP contribution in [-0.2, 0) is 0 Å². The van der Waals surface area contributed by atoms with E-state index in [9.17, 15) is 0 Å². The number of aliphatic hydroxyl groups excluding tert-OH is 1. The van der Waals surface area contributed by atoms with Gasteiger partial charge in [0.1, 0.15) is 17.5 Å². The van der Waals surface area contributed by atoms with Crippen molar-refractivity contribution >= 4 is 11.6 Å². The van der Waals surface area contributed by atoms with Gasteiger partial charge in [-0.25, -0.2) is 9.97 Å². The van der Waals surface area contributed by atoms with Crippen molar-refractivity contribution < 1.29 is 5.11 Å². The Balaban J connectivity index is 2.93. The Morgan fingerprint density at radius 3 is 2.65 bits per heavy atom. The van der Waals surface area contributed by atoms with Crippen LogP contribution >= 0.6 is 0 Å². The van der Waals surface area contributed by atoms with Gasteiger partial charge in [0.25, 0.3) is 0 Å². The maximum absolute atomic E-state index is 8.83. The van der Waals surface area contributed by atoms with Gasteiger partial charge in [0.05, 0.1) is 0 Å². The van der Waals surface area contributed by atoms with Gasteiger partial charge in [-0.15, -0.1) is 0 Å². The summed E-state index contributed by atoms with van der Waals surface area (Å²) in [6, 6.07) is 1.92. The van der Waals surface area contributed by atoms with Crippen LogP contribution in [0.25, 0.3) is 0 Å². The van der Waals surface area contributed by atoms with E-state index in [-0.39, 0.29) is 6.61 Å². The fourth-order valence-electron chi connectivity index (χ4n) is 1.46. The predicted octanol–water partition coefficient (Wildman–Crippen LogP) is 1.46. The highest BCUT2D eigenvalue weighted by atomic mass is 16.3. The van der Waals surface area contributed by atoms with Crippen molar-refractivity contribution in [2.45, 2.75) is 26.2 Å². The maximum atomic E-state index is 8.83. The van der Waals surface area contributed by atoms with Crippen molar-refractivity contribution in [2.75, 3.05) is 37.5 Å². The second-order valence-electron chi connectivity index (χ2n) is 4.37. The molecule has 0 aliphatic rings. The minimum atomic E-state index is 0.200. The molecule has 0 fully saturated rings. The van der Waals surface area contributed by atoms with E-state index < -0.39 is 0 Å². The van der Waals surface area contributed by atoms with Crippen molar-refractivity contribution in [3.63, 3.8) is 0 Å². The average Bonchev–Trinajstić information content (AvgIpc) is 2.35. The van der Waals surface area contributed by atoms with Crippen LogP contribution in [0.3, 0.4) is 0 Å². The molecule has 0 bridgehead atoms. The second kappa shape index (κ2) is 6.39. The van der Waals surface area contributed by atoms with Crippen molar-refractivity contribution in [1.82, 2.24) is 9.97 Å². The van der Waals surface area contributed by atoms with E-state index in [0.29, 0.717) is 5.92 Å². The first-order chi connectivity index (χ1) is 8.08. The number of hydrogen-bond acceptors (Lipinski definition) is 5. The zero-order valence-corrected chi connectivity index (χ0v) is 11.1. The normalized spacial score (nSPS) is 10.7. The fraction of sp³-hybridized carbons (Fsp3) is 0.667. The molecule has 5 heteroatoms. The van der Waals surface area contributed by atoms with Gasteiger partial charge >= 0.3 is 0 Å². The Labute approximate surface area is 103 Å². The molecule has 0 spiro atoms. The molecule has 5 nitrogen and oxygen atoms in total. The summed E-state index contributed by atoms with van der Waals surface area (Å²) >= 11 is 0. The number of aliphatic hydroxyl groups is 1. The second-order valence-corrected chi connectivity index (χ2v) is 4.37. The molecule has 1 rings (SSSR count). The quantitative estimate of drug-likeness (QED) is 0.785. The van der Waals surface area contributed by atoms with Crippen LogP contribution in [0, 0.1) is 0 Å². The van der Waals surface area contributed by atoms with E-state index in [1.807, 2.05) is 25.1 Å². The summed E-state index contributed by atoms with van der Waals surface area (Å²) in [5.41, 5.74) is 0. The first kappa shape index (κ1) is 13.7. The molecule has 1 heterocycles. The van der Waals surface area contributed by atoms with Gasteiger partial charge in [0.15, 0.2) is 0 Å². The molecule has 0 radical (unpaired) electrons. The van der Waals surface area contributed by atoms with Gasteiger partial charge in [-0.05, 0) is 6.42 Å². The maximum Gasteiger partial charge on any atom is 0.135 e. The molecule has 0 saturated carbocycles. The summed E-state index contributed by atoms with van der Waals surface area (Å²) in [5, 5.41) is 11.9. The summed E-state index contributed by atoms with van der Waals surface area (Å²) in [6.07, 6.45) is 0.742. The lowest BCUT2D eigenvalue weighted by atomic mass is 10.2. The summed E-state index contributed by atoms with van der Waals surface area (Å²) < 4.78 is 0. The van der Waals surface area contributed by atoms with Gasteiger partial charge in [-0.3, -0.25) is 0 Å². The van der Waals surface area contributed by atoms with E-state index in [1.165, 1.54) is 0 Å². The van der Waals surface area contributed by atoms with E-state index in [2.05, 4.69) is 29.1 Å². The van der Waals surface area contributed by atoms with Crippen molar-refractivity contribution in [3.8, 4) is 0 Å². The van der Waals surface area contributed by atoms with Gasteiger partial charge in [0.2, 0.25) is 0 Å². The topological polar surface area (TPSA) is 61.3 Å². The molecule has 1 aromatic heterocycles. The van der Waals surface area contributed by atoms with Gasteiger partial charge in [-0.1, -0.05) is 13.8 Å². The Morgan fingerprint density at radius 2 is 2.12 bits per heavy atom. The number of aromatic nitrogens is 2. The fourth-order valence-corrected chi connectivity index (χ4v) is 1.46. The van der Waals surface area contributed by atoms with E-state index in [4.69, 9.17) is 5.11 Å². The zero-order chi connectivity index (χ0) is 12.8. The summed E-state index contributed by atoms with van der Waals surface area (Å²) in [4.78, 5) is 11.0. The molecule has 0 amide bonds. The monoisotopic (exact) mass is 238 g/mol. The summed E-state index contributed by atoms with van der Waals surface area (Å²) in [5.74, 6) is 2.85. The Hall–Kier alpha value is -1.36. The Morgan fingerprint density at radius 1 is 1.41 bits per heavy atom. The lowest BCUT2D eigenvalue weighted by molar-refractivity contribution is 0.290. The summed E-state index contributed by atoms with van der Waals surface area (Å²) in [6.45, 7) is 5.14. The smallest absolute Gasteiger partial charge is 0.135 e. The number of anilines is 2. The molecule has 0 aliphatic carbocycles. The third-order valence-electron chi connectivity index (χ3n) is 2.55. The van der Waals surface area contributed by atoms with E-state index in [0.717, 1.165) is 30.4 Å². The van der Waals surface area contributed by atoms with Crippen molar-refractivity contribution in [1.29, 1.82) is 0 Å². The molecular formula is C12H22N4O. The molecule has 2 N–H and O–H groups in total. The lowest BCUT2D eigenvalue weighted by Gasteiger charge is -2.19. The lowest BCUT2D eigenvalue weighted by Crippen LogP contribution is -2.21. The van der Waals surface area contributed by atoms with Crippen LogP contribution in [-0.4, -0.2) is 42.3 Å². The molecule has 0 aliphatic heterocycles. The number of nitrogens with zero attached hydrogens (tertiary/aromatic N) is 3. The third kappa shape index (κ3) is 3.85. The molecular weight excluding hydrogens is 216 g/mol. The molecule has 0 aromatic carbocycles. The zero-order valence-electron chi connectivity index (χ0n) is 11.1. The highest BCUT2D eigenvalue weighted by Crippen LogP contribution is 2.18. The van der Waals surface area contributed by atoms with E-state index >= 15 is 0 Å². The number of hydrogen-bond donors (Lipinski definition) is 2. The highest BCUT2D eigenvalue weighted by Gasteiger charge is 2.10. The number of nitrogens with one attached hydrogen (secondary N) is 1. The van der Waals surface area contributed by atoms with Crippen LogP contribution in [0.1, 0.15) is 32.0 Å². The van der Waals surface area contributed by atoms with Crippen molar-refractivity contribution in [2.24, 2.45) is 0 Å². The molecule has 1 aromatic rings. The first-order valence-electron chi connectivity index (χ1n) is 5.97. The van der Waals surface area contributed by atoms with Crippen LogP contribution in [0.2, 0.25) is 0 Å².